The van der Waals surface area contributed by atoms with Crippen molar-refractivity contribution in [2.45, 2.75) is 6.92 Å². The second-order valence-corrected chi connectivity index (χ2v) is 5.40. The fraction of sp³-hybridized carbons (Fsp3) is 0.0909. The average molecular weight is 304 g/mol. The Bertz CT molecular complexity index is 612. The van der Waals surface area contributed by atoms with E-state index in [4.69, 9.17) is 33.0 Å². The summed E-state index contributed by atoms with van der Waals surface area (Å²) in [6.07, 6.45) is 0. The first-order chi connectivity index (χ1) is 8.47. The fourth-order valence-corrected chi connectivity index (χ4v) is 2.28. The highest BCUT2D eigenvalue weighted by Gasteiger charge is 2.18. The van der Waals surface area contributed by atoms with Crippen molar-refractivity contribution >= 4 is 40.5 Å². The maximum atomic E-state index is 11.0. The second kappa shape index (κ2) is 5.14. The predicted octanol–water partition coefficient (Wildman–Crippen LogP) is 4.25. The molecular weight excluding hydrogens is 297 g/mol. The highest BCUT2D eigenvalue weighted by atomic mass is 35.5. The number of carbonyl (C=O) groups is 1. The summed E-state index contributed by atoms with van der Waals surface area (Å²) in [7, 11) is 0. The number of halogens is 2. The molecule has 0 fully saturated rings. The third-order valence-electron chi connectivity index (χ3n) is 2.00. The van der Waals surface area contributed by atoms with Gasteiger partial charge in [0.1, 0.15) is 5.75 Å². The number of hydrogen-bond donors (Lipinski definition) is 1. The minimum absolute atomic E-state index is 0.0224. The van der Waals surface area contributed by atoms with Crippen LogP contribution in [0.5, 0.6) is 11.6 Å². The van der Waals surface area contributed by atoms with Crippen LogP contribution < -0.4 is 4.74 Å². The van der Waals surface area contributed by atoms with Crippen molar-refractivity contribution in [3.05, 3.63) is 38.1 Å². The minimum Gasteiger partial charge on any atom is -0.477 e. The molecule has 0 aliphatic carbocycles. The summed E-state index contributed by atoms with van der Waals surface area (Å²) in [4.78, 5) is 15.1. The van der Waals surface area contributed by atoms with Crippen molar-refractivity contribution in [2.24, 2.45) is 0 Å². The molecule has 0 unspecified atom stereocenters. The van der Waals surface area contributed by atoms with Crippen LogP contribution in [-0.2, 0) is 0 Å². The first kappa shape index (κ1) is 13.1. The summed E-state index contributed by atoms with van der Waals surface area (Å²) in [5.74, 6) is -0.792. The quantitative estimate of drug-likeness (QED) is 0.921. The van der Waals surface area contributed by atoms with Gasteiger partial charge < -0.3 is 9.84 Å². The van der Waals surface area contributed by atoms with E-state index in [2.05, 4.69) is 4.98 Å². The van der Waals surface area contributed by atoms with Crippen LogP contribution in [0.3, 0.4) is 0 Å². The Labute approximate surface area is 117 Å². The molecule has 0 radical (unpaired) electrons. The summed E-state index contributed by atoms with van der Waals surface area (Å²) in [5, 5.41) is 10.4. The van der Waals surface area contributed by atoms with E-state index < -0.39 is 5.97 Å². The molecule has 4 nitrogen and oxygen atoms in total. The lowest BCUT2D eigenvalue weighted by Crippen LogP contribution is -1.96. The van der Waals surface area contributed by atoms with Gasteiger partial charge in [-0.3, -0.25) is 0 Å². The molecule has 0 spiro atoms. The highest BCUT2D eigenvalue weighted by molar-refractivity contribution is 7.13. The topological polar surface area (TPSA) is 59.4 Å². The molecule has 0 aliphatic heterocycles. The van der Waals surface area contributed by atoms with Crippen LogP contribution >= 0.6 is 34.5 Å². The molecule has 2 aromatic rings. The molecule has 1 N–H and O–H groups in total. The van der Waals surface area contributed by atoms with Gasteiger partial charge in [0.2, 0.25) is 5.88 Å². The van der Waals surface area contributed by atoms with Gasteiger partial charge in [0.25, 0.3) is 0 Å². The number of benzene rings is 1. The van der Waals surface area contributed by atoms with Crippen molar-refractivity contribution in [1.29, 1.82) is 0 Å². The number of carboxylic acids is 1. The van der Waals surface area contributed by atoms with Crippen LogP contribution in [0.15, 0.2) is 18.2 Å². The molecule has 1 heterocycles. The summed E-state index contributed by atoms with van der Waals surface area (Å²) in [5.41, 5.74) is 0. The van der Waals surface area contributed by atoms with Gasteiger partial charge in [0.15, 0.2) is 4.88 Å². The third-order valence-corrected chi connectivity index (χ3v) is 3.48. The van der Waals surface area contributed by atoms with Crippen molar-refractivity contribution in [3.8, 4) is 11.6 Å². The van der Waals surface area contributed by atoms with Crippen LogP contribution in [0.2, 0.25) is 10.0 Å². The first-order valence-corrected chi connectivity index (χ1v) is 6.38. The lowest BCUT2D eigenvalue weighted by molar-refractivity contribution is 0.0699. The molecule has 0 bridgehead atoms. The summed E-state index contributed by atoms with van der Waals surface area (Å²) in [6, 6.07) is 4.68. The number of nitrogens with zero attached hydrogens (tertiary/aromatic N) is 1. The zero-order valence-corrected chi connectivity index (χ0v) is 11.4. The SMILES string of the molecule is Cc1nc(Oc2cc(Cl)ccc2Cl)c(C(=O)O)s1. The van der Waals surface area contributed by atoms with Gasteiger partial charge in [-0.25, -0.2) is 9.78 Å². The Hall–Kier alpha value is -1.30. The molecule has 0 atom stereocenters. The van der Waals surface area contributed by atoms with Crippen LogP contribution in [-0.4, -0.2) is 16.1 Å². The van der Waals surface area contributed by atoms with Crippen LogP contribution in [0, 0.1) is 6.92 Å². The highest BCUT2D eigenvalue weighted by Crippen LogP contribution is 2.34. The maximum absolute atomic E-state index is 11.0. The Kier molecular flexibility index (Phi) is 3.75. The number of thiazole rings is 1. The second-order valence-electron chi connectivity index (χ2n) is 3.35. The van der Waals surface area contributed by atoms with E-state index >= 15 is 0 Å². The number of carboxylic acid groups (broad SMARTS) is 1. The van der Waals surface area contributed by atoms with E-state index in [1.807, 2.05) is 0 Å². The van der Waals surface area contributed by atoms with Crippen LogP contribution in [0.25, 0.3) is 0 Å². The molecule has 94 valence electrons. The van der Waals surface area contributed by atoms with Gasteiger partial charge >= 0.3 is 5.97 Å². The Balaban J connectivity index is 2.39. The van der Waals surface area contributed by atoms with Crippen LogP contribution in [0.1, 0.15) is 14.7 Å². The van der Waals surface area contributed by atoms with Gasteiger partial charge in [0.05, 0.1) is 10.0 Å². The standard InChI is InChI=1S/C11H7Cl2NO3S/c1-5-14-10(9(18-5)11(15)16)17-8-4-6(12)2-3-7(8)13/h2-4H,1H3,(H,15,16). The number of hydrogen-bond acceptors (Lipinski definition) is 4. The van der Waals surface area contributed by atoms with E-state index in [1.165, 1.54) is 6.07 Å². The largest absolute Gasteiger partial charge is 0.477 e. The Morgan fingerprint density at radius 1 is 1.44 bits per heavy atom. The molecule has 0 amide bonds. The molecule has 0 saturated carbocycles. The number of aromatic nitrogens is 1. The molecule has 0 saturated heterocycles. The molecule has 0 aliphatic rings. The van der Waals surface area contributed by atoms with E-state index in [0.717, 1.165) is 11.3 Å². The molecule has 1 aromatic heterocycles. The molecule has 2 rings (SSSR count). The number of aromatic carboxylic acids is 1. The summed E-state index contributed by atoms with van der Waals surface area (Å²) in [6.45, 7) is 1.70. The van der Waals surface area contributed by atoms with Crippen molar-refractivity contribution in [2.75, 3.05) is 0 Å². The van der Waals surface area contributed by atoms with Crippen molar-refractivity contribution in [1.82, 2.24) is 4.98 Å². The van der Waals surface area contributed by atoms with E-state index in [9.17, 15) is 4.79 Å². The maximum Gasteiger partial charge on any atom is 0.351 e. The normalized spacial score (nSPS) is 10.4. The predicted molar refractivity (Wildman–Crippen MR) is 70.3 cm³/mol. The molecular formula is C11H7Cl2NO3S. The average Bonchev–Trinajstić information content (AvgIpc) is 2.65. The van der Waals surface area contributed by atoms with Gasteiger partial charge in [-0.15, -0.1) is 11.3 Å². The number of aryl methyl sites for hydroxylation is 1. The monoisotopic (exact) mass is 303 g/mol. The minimum atomic E-state index is -1.09. The lowest BCUT2D eigenvalue weighted by Gasteiger charge is -2.05. The molecule has 7 heteroatoms. The zero-order chi connectivity index (χ0) is 13.3. The Morgan fingerprint density at radius 3 is 2.83 bits per heavy atom. The van der Waals surface area contributed by atoms with Crippen molar-refractivity contribution < 1.29 is 14.6 Å². The Morgan fingerprint density at radius 2 is 2.17 bits per heavy atom. The van der Waals surface area contributed by atoms with Crippen molar-refractivity contribution in [3.63, 3.8) is 0 Å². The number of rotatable bonds is 3. The summed E-state index contributed by atoms with van der Waals surface area (Å²) < 4.78 is 5.41. The molecule has 18 heavy (non-hydrogen) atoms. The van der Waals surface area contributed by atoms with E-state index in [1.54, 1.807) is 19.1 Å². The van der Waals surface area contributed by atoms with Gasteiger partial charge in [-0.05, 0) is 19.1 Å². The third kappa shape index (κ3) is 2.75. The van der Waals surface area contributed by atoms with Gasteiger partial charge in [0, 0.05) is 11.1 Å². The van der Waals surface area contributed by atoms with E-state index in [0.29, 0.717) is 15.1 Å². The number of ether oxygens (including phenoxy) is 1. The van der Waals surface area contributed by atoms with Gasteiger partial charge in [-0.1, -0.05) is 23.2 Å². The van der Waals surface area contributed by atoms with Crippen LogP contribution in [0.4, 0.5) is 0 Å². The van der Waals surface area contributed by atoms with E-state index in [-0.39, 0.29) is 16.5 Å². The van der Waals surface area contributed by atoms with Gasteiger partial charge in [-0.2, -0.15) is 0 Å². The fourth-order valence-electron chi connectivity index (χ4n) is 1.27. The summed E-state index contributed by atoms with van der Waals surface area (Å²) >= 11 is 12.8. The molecule has 1 aromatic carbocycles. The zero-order valence-electron chi connectivity index (χ0n) is 9.11. The lowest BCUT2D eigenvalue weighted by atomic mass is 10.3. The first-order valence-electron chi connectivity index (χ1n) is 4.81. The smallest absolute Gasteiger partial charge is 0.351 e.